The topological polar surface area (TPSA) is 62.5 Å². The molecule has 0 bridgehead atoms. The lowest BCUT2D eigenvalue weighted by Crippen LogP contribution is -2.02. The van der Waals surface area contributed by atoms with Crippen molar-refractivity contribution in [3.05, 3.63) is 92.1 Å². The molecule has 5 rings (SSSR count). The van der Waals surface area contributed by atoms with Crippen molar-refractivity contribution in [3.8, 4) is 16.8 Å². The maximum absolute atomic E-state index is 11.4. The summed E-state index contributed by atoms with van der Waals surface area (Å²) in [7, 11) is -4.23. The molecule has 0 aliphatic carbocycles. The van der Waals surface area contributed by atoms with Gasteiger partial charge in [0.2, 0.25) is 0 Å². The molecule has 0 fully saturated rings. The first-order valence-corrected chi connectivity index (χ1v) is 13.2. The van der Waals surface area contributed by atoms with Gasteiger partial charge < -0.3 is 14.4 Å². The van der Waals surface area contributed by atoms with Crippen LogP contribution in [0.1, 0.15) is 0 Å². The molecule has 7 heteroatoms. The second-order valence-electron chi connectivity index (χ2n) is 7.30. The van der Waals surface area contributed by atoms with Gasteiger partial charge in [0, 0.05) is 23.6 Å². The van der Waals surface area contributed by atoms with Crippen LogP contribution >= 0.6 is 52.8 Å². The van der Waals surface area contributed by atoms with E-state index in [1.54, 1.807) is 12.1 Å². The standard InChI is InChI=1S/C24H16I2NO3P/c25-17-5-11-21-22-12-6-18(26)14-24(22)27(23(21)13-17)19-7-1-15(2-8-19)16-3-9-20(10-4-16)31(28,29)30/h1-14H,(H2,28,29,30). The Labute approximate surface area is 206 Å². The fourth-order valence-electron chi connectivity index (χ4n) is 3.89. The van der Waals surface area contributed by atoms with E-state index in [-0.39, 0.29) is 5.30 Å². The van der Waals surface area contributed by atoms with E-state index in [1.807, 2.05) is 12.1 Å². The third-order valence-electron chi connectivity index (χ3n) is 5.35. The molecule has 0 radical (unpaired) electrons. The van der Waals surface area contributed by atoms with Crippen LogP contribution in [0.5, 0.6) is 0 Å². The van der Waals surface area contributed by atoms with E-state index in [1.165, 1.54) is 41.1 Å². The molecule has 0 amide bonds. The van der Waals surface area contributed by atoms with Crippen molar-refractivity contribution in [2.24, 2.45) is 0 Å². The lowest BCUT2D eigenvalue weighted by Gasteiger charge is -2.10. The van der Waals surface area contributed by atoms with Gasteiger partial charge in [0.05, 0.1) is 16.3 Å². The molecule has 5 aromatic rings. The summed E-state index contributed by atoms with van der Waals surface area (Å²) in [5.74, 6) is 0. The summed E-state index contributed by atoms with van der Waals surface area (Å²) >= 11 is 4.69. The zero-order valence-corrected chi connectivity index (χ0v) is 21.2. The number of hydrogen-bond donors (Lipinski definition) is 2. The number of nitrogens with zero attached hydrogens (tertiary/aromatic N) is 1. The van der Waals surface area contributed by atoms with Gasteiger partial charge in [-0.2, -0.15) is 0 Å². The van der Waals surface area contributed by atoms with Crippen LogP contribution < -0.4 is 5.30 Å². The SMILES string of the molecule is O=P(O)(O)c1ccc(-c2ccc(-n3c4cc(I)ccc4c4ccc(I)cc43)cc2)cc1. The van der Waals surface area contributed by atoms with Crippen molar-refractivity contribution < 1.29 is 14.4 Å². The molecule has 1 aromatic heterocycles. The van der Waals surface area contributed by atoms with Gasteiger partial charge in [0.1, 0.15) is 0 Å². The Bertz CT molecular complexity index is 1430. The van der Waals surface area contributed by atoms with Crippen molar-refractivity contribution >= 4 is 79.9 Å². The average molecular weight is 651 g/mol. The van der Waals surface area contributed by atoms with Crippen molar-refractivity contribution in [2.75, 3.05) is 0 Å². The predicted molar refractivity (Wildman–Crippen MR) is 143 cm³/mol. The summed E-state index contributed by atoms with van der Waals surface area (Å²) in [6.45, 7) is 0. The van der Waals surface area contributed by atoms with Gasteiger partial charge in [0.25, 0.3) is 0 Å². The maximum Gasteiger partial charge on any atom is 0.356 e. The van der Waals surface area contributed by atoms with E-state index in [9.17, 15) is 14.4 Å². The Balaban J connectivity index is 1.63. The summed E-state index contributed by atoms with van der Waals surface area (Å²) in [5, 5.41) is 2.48. The zero-order valence-electron chi connectivity index (χ0n) is 16.0. The Kier molecular flexibility index (Phi) is 5.46. The number of halogens is 2. The minimum Gasteiger partial charge on any atom is -0.321 e. The van der Waals surface area contributed by atoms with Crippen LogP contribution in [0.2, 0.25) is 0 Å². The van der Waals surface area contributed by atoms with Crippen LogP contribution in [0.25, 0.3) is 38.6 Å². The molecule has 31 heavy (non-hydrogen) atoms. The van der Waals surface area contributed by atoms with E-state index in [0.717, 1.165) is 16.8 Å². The minimum absolute atomic E-state index is 0.0300. The van der Waals surface area contributed by atoms with Gasteiger partial charge in [-0.05, 0) is 105 Å². The molecule has 0 aliphatic rings. The van der Waals surface area contributed by atoms with Crippen LogP contribution in [0.3, 0.4) is 0 Å². The van der Waals surface area contributed by atoms with Crippen LogP contribution in [-0.4, -0.2) is 14.4 Å². The molecule has 0 atom stereocenters. The van der Waals surface area contributed by atoms with Crippen molar-refractivity contribution in [2.45, 2.75) is 0 Å². The normalized spacial score (nSPS) is 12.0. The lowest BCUT2D eigenvalue weighted by atomic mass is 10.1. The molecular formula is C24H16I2NO3P. The Morgan fingerprint density at radius 2 is 1.10 bits per heavy atom. The van der Waals surface area contributed by atoms with Crippen LogP contribution in [0.4, 0.5) is 0 Å². The molecule has 154 valence electrons. The van der Waals surface area contributed by atoms with Gasteiger partial charge in [0.15, 0.2) is 0 Å². The number of fused-ring (bicyclic) bond motifs is 3. The van der Waals surface area contributed by atoms with Crippen LogP contribution in [0.15, 0.2) is 84.9 Å². The summed E-state index contributed by atoms with van der Waals surface area (Å²) in [6.07, 6.45) is 0. The van der Waals surface area contributed by atoms with E-state index < -0.39 is 7.60 Å². The Morgan fingerprint density at radius 3 is 1.55 bits per heavy atom. The molecule has 0 aliphatic heterocycles. The second kappa shape index (κ2) is 8.01. The lowest BCUT2D eigenvalue weighted by molar-refractivity contribution is 0.387. The highest BCUT2D eigenvalue weighted by Crippen LogP contribution is 2.35. The van der Waals surface area contributed by atoms with Crippen LogP contribution in [-0.2, 0) is 4.57 Å². The summed E-state index contributed by atoms with van der Waals surface area (Å²) in [6, 6.07) is 27.8. The second-order valence-corrected chi connectivity index (χ2v) is 11.4. The molecule has 0 unspecified atom stereocenters. The summed E-state index contributed by atoms with van der Waals surface area (Å²) in [4.78, 5) is 18.6. The maximum atomic E-state index is 11.4. The van der Waals surface area contributed by atoms with E-state index >= 15 is 0 Å². The first kappa shape index (κ1) is 21.2. The first-order chi connectivity index (χ1) is 14.8. The van der Waals surface area contributed by atoms with Crippen LogP contribution in [0, 0.1) is 7.14 Å². The predicted octanol–water partition coefficient (Wildman–Crippen LogP) is 6.46. The fraction of sp³-hybridized carbons (Fsp3) is 0. The molecule has 0 spiro atoms. The van der Waals surface area contributed by atoms with E-state index in [2.05, 4.69) is 98.3 Å². The van der Waals surface area contributed by atoms with E-state index in [0.29, 0.717) is 0 Å². The van der Waals surface area contributed by atoms with Gasteiger partial charge in [-0.1, -0.05) is 36.4 Å². The molecule has 2 N–H and O–H groups in total. The highest BCUT2D eigenvalue weighted by Gasteiger charge is 2.16. The third kappa shape index (κ3) is 3.96. The largest absolute Gasteiger partial charge is 0.356 e. The molecule has 0 saturated heterocycles. The molecule has 0 saturated carbocycles. The smallest absolute Gasteiger partial charge is 0.321 e. The number of rotatable bonds is 3. The summed E-state index contributed by atoms with van der Waals surface area (Å²) in [5.41, 5.74) is 5.31. The number of hydrogen-bond acceptors (Lipinski definition) is 1. The molecule has 1 heterocycles. The fourth-order valence-corrected chi connectivity index (χ4v) is 5.38. The highest BCUT2D eigenvalue weighted by atomic mass is 127. The van der Waals surface area contributed by atoms with Crippen molar-refractivity contribution in [1.82, 2.24) is 4.57 Å². The Morgan fingerprint density at radius 1 is 0.645 bits per heavy atom. The highest BCUT2D eigenvalue weighted by molar-refractivity contribution is 14.1. The minimum atomic E-state index is -4.23. The monoisotopic (exact) mass is 651 g/mol. The van der Waals surface area contributed by atoms with Gasteiger partial charge in [-0.3, -0.25) is 4.57 Å². The molecular weight excluding hydrogens is 635 g/mol. The quantitative estimate of drug-likeness (QED) is 0.174. The average Bonchev–Trinajstić information content (AvgIpc) is 3.05. The van der Waals surface area contributed by atoms with Gasteiger partial charge in [-0.25, -0.2) is 0 Å². The first-order valence-electron chi connectivity index (χ1n) is 9.47. The van der Waals surface area contributed by atoms with Crippen molar-refractivity contribution in [3.63, 3.8) is 0 Å². The molecule has 4 nitrogen and oxygen atoms in total. The zero-order chi connectivity index (χ0) is 21.8. The van der Waals surface area contributed by atoms with Crippen molar-refractivity contribution in [1.29, 1.82) is 0 Å². The van der Waals surface area contributed by atoms with Gasteiger partial charge in [-0.15, -0.1) is 0 Å². The third-order valence-corrected chi connectivity index (χ3v) is 7.67. The molecule has 4 aromatic carbocycles. The number of aromatic nitrogens is 1. The Hall–Kier alpha value is -1.71. The number of benzene rings is 4. The van der Waals surface area contributed by atoms with E-state index in [4.69, 9.17) is 0 Å². The summed E-state index contributed by atoms with van der Waals surface area (Å²) < 4.78 is 16.1. The van der Waals surface area contributed by atoms with Gasteiger partial charge >= 0.3 is 7.60 Å².